The molecule has 0 rings (SSSR count). The van der Waals surface area contributed by atoms with Gasteiger partial charge in [0.05, 0.1) is 0 Å². The first kappa shape index (κ1) is 50.9. The van der Waals surface area contributed by atoms with Crippen molar-refractivity contribution in [2.75, 3.05) is 13.2 Å². The van der Waals surface area contributed by atoms with Crippen molar-refractivity contribution in [3.05, 3.63) is 72.9 Å². The highest BCUT2D eigenvalue weighted by molar-refractivity contribution is 5.71. The van der Waals surface area contributed by atoms with Gasteiger partial charge in [-0.1, -0.05) is 164 Å². The molecule has 308 valence electrons. The fraction of sp³-hybridized carbons (Fsp3) is 0.688. The molecule has 0 N–H and O–H groups in total. The summed E-state index contributed by atoms with van der Waals surface area (Å²) in [5.41, 5.74) is 0. The average molecular weight is 753 g/mol. The molecule has 6 heteroatoms. The van der Waals surface area contributed by atoms with E-state index in [9.17, 15) is 14.4 Å². The highest BCUT2D eigenvalue weighted by atomic mass is 16.6. The highest BCUT2D eigenvalue weighted by Crippen LogP contribution is 2.12. The van der Waals surface area contributed by atoms with E-state index in [1.165, 1.54) is 57.8 Å². The van der Waals surface area contributed by atoms with Crippen LogP contribution in [0, 0.1) is 0 Å². The van der Waals surface area contributed by atoms with Crippen LogP contribution in [0.25, 0.3) is 0 Å². The van der Waals surface area contributed by atoms with Crippen LogP contribution >= 0.6 is 0 Å². The number of carbonyl (C=O) groups is 3. The van der Waals surface area contributed by atoms with Gasteiger partial charge < -0.3 is 14.2 Å². The summed E-state index contributed by atoms with van der Waals surface area (Å²) in [4.78, 5) is 37.7. The van der Waals surface area contributed by atoms with Gasteiger partial charge in [-0.15, -0.1) is 0 Å². The number of esters is 3. The van der Waals surface area contributed by atoms with Crippen molar-refractivity contribution < 1.29 is 28.6 Å². The smallest absolute Gasteiger partial charge is 0.306 e. The molecule has 0 fully saturated rings. The minimum Gasteiger partial charge on any atom is -0.462 e. The van der Waals surface area contributed by atoms with E-state index in [1.807, 2.05) is 36.5 Å². The molecule has 0 saturated heterocycles. The third kappa shape index (κ3) is 40.0. The monoisotopic (exact) mass is 753 g/mol. The number of rotatable bonds is 38. The Hall–Kier alpha value is -3.15. The summed E-state index contributed by atoms with van der Waals surface area (Å²) >= 11 is 0. The molecular formula is C48H80O6. The number of hydrogen-bond donors (Lipinski definition) is 0. The molecule has 1 unspecified atom stereocenters. The molecule has 0 amide bonds. The number of unbranched alkanes of at least 4 members (excludes halogenated alkanes) is 18. The Labute approximate surface area is 332 Å². The predicted molar refractivity (Wildman–Crippen MR) is 228 cm³/mol. The topological polar surface area (TPSA) is 78.9 Å². The van der Waals surface area contributed by atoms with E-state index in [2.05, 4.69) is 57.2 Å². The van der Waals surface area contributed by atoms with E-state index >= 15 is 0 Å². The van der Waals surface area contributed by atoms with Crippen LogP contribution in [-0.2, 0) is 28.6 Å². The summed E-state index contributed by atoms with van der Waals surface area (Å²) in [6.45, 7) is 6.36. The average Bonchev–Trinajstić information content (AvgIpc) is 3.17. The molecular weight excluding hydrogens is 673 g/mol. The van der Waals surface area contributed by atoms with Crippen molar-refractivity contribution in [1.29, 1.82) is 0 Å². The normalized spacial score (nSPS) is 12.7. The first-order valence-electron chi connectivity index (χ1n) is 22.0. The van der Waals surface area contributed by atoms with E-state index in [4.69, 9.17) is 14.2 Å². The number of ether oxygens (including phenoxy) is 3. The van der Waals surface area contributed by atoms with Crippen molar-refractivity contribution in [3.8, 4) is 0 Å². The lowest BCUT2D eigenvalue weighted by Crippen LogP contribution is -2.30. The summed E-state index contributed by atoms with van der Waals surface area (Å²) in [5, 5.41) is 0. The standard InChI is InChI=1S/C48H80O6/c1-4-7-10-13-16-19-22-24-27-29-32-35-38-41-47(50)53-44-45(43-52-46(49)40-37-34-31-28-25-21-18-15-12-9-6-3)54-48(51)42-39-36-33-30-26-23-20-17-14-11-8-5-2/h7,10,13,15-20,22,24,27,45H,4-6,8-9,11-12,14,21,23,25-26,28-44H2,1-3H3/b10-7-,16-13-,18-15-,20-17-,22-19-,27-24-. The lowest BCUT2D eigenvalue weighted by atomic mass is 10.1. The van der Waals surface area contributed by atoms with Crippen molar-refractivity contribution in [2.45, 2.75) is 200 Å². The molecule has 0 aromatic rings. The summed E-state index contributed by atoms with van der Waals surface area (Å²) in [5.74, 6) is -0.964. The van der Waals surface area contributed by atoms with Gasteiger partial charge in [0, 0.05) is 19.3 Å². The summed E-state index contributed by atoms with van der Waals surface area (Å²) in [6, 6.07) is 0. The Morgan fingerprint density at radius 1 is 0.389 bits per heavy atom. The van der Waals surface area contributed by atoms with Gasteiger partial charge in [-0.3, -0.25) is 14.4 Å². The third-order valence-corrected chi connectivity index (χ3v) is 9.01. The molecule has 0 aliphatic heterocycles. The van der Waals surface area contributed by atoms with E-state index in [0.29, 0.717) is 19.3 Å². The van der Waals surface area contributed by atoms with Crippen LogP contribution in [-0.4, -0.2) is 37.2 Å². The molecule has 0 aliphatic rings. The Kier molecular flexibility index (Phi) is 40.1. The lowest BCUT2D eigenvalue weighted by molar-refractivity contribution is -0.167. The Balaban J connectivity index is 4.49. The largest absolute Gasteiger partial charge is 0.462 e. The van der Waals surface area contributed by atoms with Gasteiger partial charge in [-0.25, -0.2) is 0 Å². The van der Waals surface area contributed by atoms with Gasteiger partial charge in [0.1, 0.15) is 13.2 Å². The second-order valence-electron chi connectivity index (χ2n) is 14.3. The Morgan fingerprint density at radius 3 is 1.26 bits per heavy atom. The maximum Gasteiger partial charge on any atom is 0.306 e. The molecule has 1 atom stereocenters. The minimum absolute atomic E-state index is 0.0970. The first-order valence-corrected chi connectivity index (χ1v) is 22.0. The predicted octanol–water partition coefficient (Wildman–Crippen LogP) is 13.9. The summed E-state index contributed by atoms with van der Waals surface area (Å²) in [7, 11) is 0. The maximum absolute atomic E-state index is 12.7. The third-order valence-electron chi connectivity index (χ3n) is 9.01. The minimum atomic E-state index is -0.796. The SMILES string of the molecule is CC\C=C/C=C\C=C/C=C\CCCCCC(=O)OCC(COC(=O)CCCCCCC/C=C\CCCC)OC(=O)CCCCCCC/C=C\CCCCC. The van der Waals surface area contributed by atoms with Crippen LogP contribution < -0.4 is 0 Å². The number of carbonyl (C=O) groups excluding carboxylic acids is 3. The molecule has 0 radical (unpaired) electrons. The van der Waals surface area contributed by atoms with Gasteiger partial charge in [0.2, 0.25) is 0 Å². The summed E-state index contributed by atoms with van der Waals surface area (Å²) in [6.07, 6.45) is 51.7. The van der Waals surface area contributed by atoms with E-state index in [1.54, 1.807) is 0 Å². The van der Waals surface area contributed by atoms with Crippen LogP contribution in [0.1, 0.15) is 194 Å². The number of hydrogen-bond acceptors (Lipinski definition) is 6. The molecule has 0 aromatic carbocycles. The summed E-state index contributed by atoms with van der Waals surface area (Å²) < 4.78 is 16.6. The van der Waals surface area contributed by atoms with E-state index in [-0.39, 0.29) is 31.1 Å². The Bertz CT molecular complexity index is 1050. The fourth-order valence-electron chi connectivity index (χ4n) is 5.66. The van der Waals surface area contributed by atoms with Crippen molar-refractivity contribution in [1.82, 2.24) is 0 Å². The van der Waals surface area contributed by atoms with Gasteiger partial charge in [-0.05, 0) is 83.5 Å². The molecule has 0 heterocycles. The Morgan fingerprint density at radius 2 is 0.759 bits per heavy atom. The maximum atomic E-state index is 12.7. The van der Waals surface area contributed by atoms with Crippen molar-refractivity contribution >= 4 is 17.9 Å². The zero-order valence-electron chi connectivity index (χ0n) is 35.0. The zero-order chi connectivity index (χ0) is 39.4. The molecule has 54 heavy (non-hydrogen) atoms. The van der Waals surface area contributed by atoms with Crippen LogP contribution in [0.3, 0.4) is 0 Å². The number of allylic oxidation sites excluding steroid dienone is 12. The van der Waals surface area contributed by atoms with E-state index < -0.39 is 6.10 Å². The zero-order valence-corrected chi connectivity index (χ0v) is 35.0. The van der Waals surface area contributed by atoms with E-state index in [0.717, 1.165) is 96.3 Å². The van der Waals surface area contributed by atoms with Crippen LogP contribution in [0.15, 0.2) is 72.9 Å². The van der Waals surface area contributed by atoms with Crippen LogP contribution in [0.5, 0.6) is 0 Å². The lowest BCUT2D eigenvalue weighted by Gasteiger charge is -2.18. The van der Waals surface area contributed by atoms with Gasteiger partial charge in [0.15, 0.2) is 6.10 Å². The molecule has 6 nitrogen and oxygen atoms in total. The van der Waals surface area contributed by atoms with Gasteiger partial charge in [-0.2, -0.15) is 0 Å². The molecule has 0 spiro atoms. The quantitative estimate of drug-likeness (QED) is 0.0205. The second-order valence-corrected chi connectivity index (χ2v) is 14.3. The molecule has 0 aromatic heterocycles. The fourth-order valence-corrected chi connectivity index (χ4v) is 5.66. The van der Waals surface area contributed by atoms with Gasteiger partial charge >= 0.3 is 17.9 Å². The van der Waals surface area contributed by atoms with Crippen LogP contribution in [0.4, 0.5) is 0 Å². The highest BCUT2D eigenvalue weighted by Gasteiger charge is 2.19. The van der Waals surface area contributed by atoms with Crippen LogP contribution in [0.2, 0.25) is 0 Å². The molecule has 0 saturated carbocycles. The van der Waals surface area contributed by atoms with Gasteiger partial charge in [0.25, 0.3) is 0 Å². The van der Waals surface area contributed by atoms with Crippen molar-refractivity contribution in [2.24, 2.45) is 0 Å². The first-order chi connectivity index (χ1) is 26.5. The van der Waals surface area contributed by atoms with Crippen molar-refractivity contribution in [3.63, 3.8) is 0 Å². The molecule has 0 aliphatic carbocycles. The second kappa shape index (κ2) is 42.6. The molecule has 0 bridgehead atoms.